The summed E-state index contributed by atoms with van der Waals surface area (Å²) in [5.74, 6) is 0.860. The topological polar surface area (TPSA) is 29.5 Å². The van der Waals surface area contributed by atoms with Gasteiger partial charge in [-0.3, -0.25) is 0 Å². The van der Waals surface area contributed by atoms with E-state index in [0.29, 0.717) is 0 Å². The molecule has 1 atom stereocenters. The lowest BCUT2D eigenvalue weighted by Gasteiger charge is -2.09. The highest BCUT2D eigenvalue weighted by atomic mass is 16.5. The Morgan fingerprint density at radius 1 is 1.18 bits per heavy atom. The van der Waals surface area contributed by atoms with Crippen LogP contribution < -0.4 is 4.74 Å². The van der Waals surface area contributed by atoms with Crippen molar-refractivity contribution in [3.8, 4) is 5.75 Å². The van der Waals surface area contributed by atoms with Crippen molar-refractivity contribution < 1.29 is 9.84 Å². The Morgan fingerprint density at radius 2 is 1.94 bits per heavy atom. The first-order valence-corrected chi connectivity index (χ1v) is 6.65. The van der Waals surface area contributed by atoms with E-state index in [4.69, 9.17) is 4.74 Å². The minimum atomic E-state index is -0.428. The van der Waals surface area contributed by atoms with Gasteiger partial charge in [0.25, 0.3) is 0 Å². The molecule has 96 valence electrons. The van der Waals surface area contributed by atoms with Crippen LogP contribution in [0.2, 0.25) is 0 Å². The Kier molecular flexibility index (Phi) is 6.71. The van der Waals surface area contributed by atoms with Gasteiger partial charge in [0.05, 0.1) is 12.7 Å². The number of unbranched alkanes of at least 4 members (excludes halogenated alkanes) is 4. The van der Waals surface area contributed by atoms with Gasteiger partial charge in [0.2, 0.25) is 0 Å². The fourth-order valence-electron chi connectivity index (χ4n) is 1.76. The van der Waals surface area contributed by atoms with Crippen molar-refractivity contribution in [2.45, 2.75) is 52.1 Å². The highest BCUT2D eigenvalue weighted by Gasteiger charge is 2.01. The van der Waals surface area contributed by atoms with Crippen molar-refractivity contribution in [2.24, 2.45) is 0 Å². The number of ether oxygens (including phenoxy) is 1. The van der Waals surface area contributed by atoms with Gasteiger partial charge >= 0.3 is 0 Å². The van der Waals surface area contributed by atoms with E-state index >= 15 is 0 Å². The molecular weight excluding hydrogens is 212 g/mol. The van der Waals surface area contributed by atoms with E-state index in [2.05, 4.69) is 6.92 Å². The molecule has 0 aliphatic rings. The normalized spacial score (nSPS) is 12.4. The second-order valence-corrected chi connectivity index (χ2v) is 4.51. The van der Waals surface area contributed by atoms with E-state index in [-0.39, 0.29) is 0 Å². The smallest absolute Gasteiger partial charge is 0.119 e. The quantitative estimate of drug-likeness (QED) is 0.689. The summed E-state index contributed by atoms with van der Waals surface area (Å²) >= 11 is 0. The molecule has 1 N–H and O–H groups in total. The highest BCUT2D eigenvalue weighted by Crippen LogP contribution is 2.19. The van der Waals surface area contributed by atoms with Crippen LogP contribution in [0.25, 0.3) is 0 Å². The highest BCUT2D eigenvalue weighted by molar-refractivity contribution is 5.29. The van der Waals surface area contributed by atoms with E-state index in [1.165, 1.54) is 25.7 Å². The van der Waals surface area contributed by atoms with Crippen LogP contribution in [0.4, 0.5) is 0 Å². The van der Waals surface area contributed by atoms with Crippen LogP contribution in [0.5, 0.6) is 5.75 Å². The number of hydrogen-bond acceptors (Lipinski definition) is 2. The fraction of sp³-hybridized carbons (Fsp3) is 0.600. The SMILES string of the molecule is CCCCCCCOc1cccc([C@H](C)O)c1. The Hall–Kier alpha value is -1.02. The minimum absolute atomic E-state index is 0.428. The average molecular weight is 236 g/mol. The third-order valence-corrected chi connectivity index (χ3v) is 2.86. The summed E-state index contributed by atoms with van der Waals surface area (Å²) in [7, 11) is 0. The monoisotopic (exact) mass is 236 g/mol. The summed E-state index contributed by atoms with van der Waals surface area (Å²) < 4.78 is 5.67. The number of aliphatic hydroxyl groups is 1. The van der Waals surface area contributed by atoms with E-state index in [0.717, 1.165) is 24.3 Å². The first-order chi connectivity index (χ1) is 8.24. The van der Waals surface area contributed by atoms with E-state index in [1.807, 2.05) is 24.3 Å². The Bertz CT molecular complexity index is 308. The summed E-state index contributed by atoms with van der Waals surface area (Å²) in [5.41, 5.74) is 0.911. The van der Waals surface area contributed by atoms with Gasteiger partial charge in [0.15, 0.2) is 0 Å². The van der Waals surface area contributed by atoms with Crippen LogP contribution in [0.15, 0.2) is 24.3 Å². The van der Waals surface area contributed by atoms with Crippen molar-refractivity contribution in [1.82, 2.24) is 0 Å². The van der Waals surface area contributed by atoms with Crippen LogP contribution in [-0.4, -0.2) is 11.7 Å². The summed E-state index contributed by atoms with van der Waals surface area (Å²) in [6.45, 7) is 4.76. The Balaban J connectivity index is 2.24. The lowest BCUT2D eigenvalue weighted by molar-refractivity contribution is 0.198. The lowest BCUT2D eigenvalue weighted by Crippen LogP contribution is -1.98. The molecule has 0 saturated carbocycles. The van der Waals surface area contributed by atoms with Crippen molar-refractivity contribution >= 4 is 0 Å². The maximum absolute atomic E-state index is 9.46. The van der Waals surface area contributed by atoms with Gasteiger partial charge in [-0.1, -0.05) is 44.7 Å². The van der Waals surface area contributed by atoms with Crippen LogP contribution >= 0.6 is 0 Å². The first kappa shape index (κ1) is 14.0. The zero-order valence-corrected chi connectivity index (χ0v) is 11.0. The van der Waals surface area contributed by atoms with Crippen molar-refractivity contribution in [2.75, 3.05) is 6.61 Å². The molecule has 0 saturated heterocycles. The van der Waals surface area contributed by atoms with Crippen LogP contribution in [-0.2, 0) is 0 Å². The molecule has 0 aromatic heterocycles. The van der Waals surface area contributed by atoms with E-state index < -0.39 is 6.10 Å². The summed E-state index contributed by atoms with van der Waals surface area (Å²) in [6.07, 6.45) is 5.81. The van der Waals surface area contributed by atoms with Crippen molar-refractivity contribution in [1.29, 1.82) is 0 Å². The van der Waals surface area contributed by atoms with Crippen LogP contribution in [0, 0.1) is 0 Å². The maximum Gasteiger partial charge on any atom is 0.119 e. The molecule has 1 rings (SSSR count). The second kappa shape index (κ2) is 8.13. The molecule has 0 unspecified atom stereocenters. The predicted molar refractivity (Wildman–Crippen MR) is 71.3 cm³/mol. The predicted octanol–water partition coefficient (Wildman–Crippen LogP) is 4.09. The number of benzene rings is 1. The minimum Gasteiger partial charge on any atom is -0.494 e. The summed E-state index contributed by atoms with van der Waals surface area (Å²) in [6, 6.07) is 7.70. The first-order valence-electron chi connectivity index (χ1n) is 6.65. The molecule has 0 heterocycles. The molecule has 0 spiro atoms. The third-order valence-electron chi connectivity index (χ3n) is 2.86. The van der Waals surface area contributed by atoms with Gasteiger partial charge in [-0.15, -0.1) is 0 Å². The number of aliphatic hydroxyl groups excluding tert-OH is 1. The van der Waals surface area contributed by atoms with Gasteiger partial charge in [-0.25, -0.2) is 0 Å². The molecule has 2 heteroatoms. The van der Waals surface area contributed by atoms with E-state index in [9.17, 15) is 5.11 Å². The van der Waals surface area contributed by atoms with Gasteiger partial charge in [-0.2, -0.15) is 0 Å². The molecular formula is C15H24O2. The fourth-order valence-corrected chi connectivity index (χ4v) is 1.76. The average Bonchev–Trinajstić information content (AvgIpc) is 2.34. The summed E-state index contributed by atoms with van der Waals surface area (Å²) in [4.78, 5) is 0. The van der Waals surface area contributed by atoms with Gasteiger partial charge in [-0.05, 0) is 31.0 Å². The maximum atomic E-state index is 9.46. The van der Waals surface area contributed by atoms with Crippen molar-refractivity contribution in [3.05, 3.63) is 29.8 Å². The third kappa shape index (κ3) is 5.73. The molecule has 0 aliphatic heterocycles. The molecule has 1 aromatic rings. The molecule has 0 aliphatic carbocycles. The molecule has 0 amide bonds. The Morgan fingerprint density at radius 3 is 2.65 bits per heavy atom. The van der Waals surface area contributed by atoms with Gasteiger partial charge < -0.3 is 9.84 Å². The largest absolute Gasteiger partial charge is 0.494 e. The zero-order chi connectivity index (χ0) is 12.5. The second-order valence-electron chi connectivity index (χ2n) is 4.51. The lowest BCUT2D eigenvalue weighted by atomic mass is 10.1. The number of hydrogen-bond donors (Lipinski definition) is 1. The molecule has 0 fully saturated rings. The van der Waals surface area contributed by atoms with E-state index in [1.54, 1.807) is 6.92 Å². The van der Waals surface area contributed by atoms with Crippen LogP contribution in [0.1, 0.15) is 57.6 Å². The standard InChI is InChI=1S/C15H24O2/c1-3-4-5-6-7-11-17-15-10-8-9-14(12-15)13(2)16/h8-10,12-13,16H,3-7,11H2,1-2H3/t13-/m0/s1. The van der Waals surface area contributed by atoms with Gasteiger partial charge in [0.1, 0.15) is 5.75 Å². The Labute approximate surface area is 105 Å². The summed E-state index contributed by atoms with van der Waals surface area (Å²) in [5, 5.41) is 9.46. The number of rotatable bonds is 8. The zero-order valence-electron chi connectivity index (χ0n) is 11.0. The molecule has 1 aromatic carbocycles. The molecule has 17 heavy (non-hydrogen) atoms. The molecule has 0 bridgehead atoms. The van der Waals surface area contributed by atoms with Crippen LogP contribution in [0.3, 0.4) is 0 Å². The molecule has 0 radical (unpaired) electrons. The van der Waals surface area contributed by atoms with Gasteiger partial charge in [0, 0.05) is 0 Å². The van der Waals surface area contributed by atoms with Crippen molar-refractivity contribution in [3.63, 3.8) is 0 Å². The molecule has 2 nitrogen and oxygen atoms in total.